The molecule has 31 heavy (non-hydrogen) atoms. The second-order valence-corrected chi connectivity index (χ2v) is 7.77. The van der Waals surface area contributed by atoms with Crippen molar-refractivity contribution in [2.75, 3.05) is 0 Å². The minimum absolute atomic E-state index is 0.855. The third-order valence-electron chi connectivity index (χ3n) is 5.59. The molecular weight excluding hydrogens is 378 g/mol. The molecule has 0 bridgehead atoms. The number of hydrogen-bond donors (Lipinski definition) is 0. The van der Waals surface area contributed by atoms with Crippen LogP contribution in [0.25, 0.3) is 0 Å². The van der Waals surface area contributed by atoms with E-state index >= 15 is 0 Å². The molecule has 2 aromatic carbocycles. The molecule has 0 aliphatic rings. The first-order valence-corrected chi connectivity index (χ1v) is 11.4. The molecule has 0 saturated heterocycles. The zero-order valence-corrected chi connectivity index (χ0v) is 19.4. The van der Waals surface area contributed by atoms with Gasteiger partial charge >= 0.3 is 0 Å². The van der Waals surface area contributed by atoms with E-state index in [0.29, 0.717) is 0 Å². The normalized spacial score (nSPS) is 11.6. The van der Waals surface area contributed by atoms with Crippen molar-refractivity contribution in [1.29, 1.82) is 0 Å². The lowest BCUT2D eigenvalue weighted by Gasteiger charge is -2.09. The van der Waals surface area contributed by atoms with Gasteiger partial charge in [0.15, 0.2) is 0 Å². The molecule has 0 aliphatic carbocycles. The first-order valence-electron chi connectivity index (χ1n) is 11.4. The van der Waals surface area contributed by atoms with E-state index in [0.717, 1.165) is 54.0 Å². The number of benzene rings is 2. The number of para-hydroxylation sites is 2. The molecule has 0 unspecified atom stereocenters. The maximum absolute atomic E-state index is 4.84. The highest BCUT2D eigenvalue weighted by molar-refractivity contribution is 5.85. The van der Waals surface area contributed by atoms with E-state index in [1.54, 1.807) is 0 Å². The third kappa shape index (κ3) is 5.55. The number of nitrogens with zero attached hydrogens (tertiary/aromatic N) is 3. The smallest absolute Gasteiger partial charge is 0.0823 e. The van der Waals surface area contributed by atoms with Gasteiger partial charge in [0.2, 0.25) is 0 Å². The van der Waals surface area contributed by atoms with Gasteiger partial charge in [0.1, 0.15) is 0 Å². The standard InChI is InChI=1S/C28H33N3/c1-6-21-12-10-13-22(7-2)27(21)29-18-25-16-20(5)17-26(31-25)19-30-28-23(8-3)14-11-15-24(28)9-4/h10-19H,6-9H2,1-5H3. The lowest BCUT2D eigenvalue weighted by molar-refractivity contribution is 1.08. The average molecular weight is 412 g/mol. The fourth-order valence-corrected chi connectivity index (χ4v) is 3.88. The summed E-state index contributed by atoms with van der Waals surface area (Å²) in [6.45, 7) is 10.8. The number of rotatable bonds is 8. The van der Waals surface area contributed by atoms with E-state index in [9.17, 15) is 0 Å². The summed E-state index contributed by atoms with van der Waals surface area (Å²) in [6.07, 6.45) is 7.64. The van der Waals surface area contributed by atoms with E-state index in [4.69, 9.17) is 15.0 Å². The molecular formula is C28H33N3. The van der Waals surface area contributed by atoms with Crippen molar-refractivity contribution < 1.29 is 0 Å². The Kier molecular flexibility index (Phi) is 7.88. The Morgan fingerprint density at radius 1 is 0.645 bits per heavy atom. The molecule has 3 aromatic rings. The van der Waals surface area contributed by atoms with Gasteiger partial charge in [-0.05, 0) is 72.6 Å². The van der Waals surface area contributed by atoms with Gasteiger partial charge in [-0.1, -0.05) is 64.1 Å². The highest BCUT2D eigenvalue weighted by Crippen LogP contribution is 2.27. The van der Waals surface area contributed by atoms with Gasteiger partial charge in [-0.3, -0.25) is 9.98 Å². The number of aryl methyl sites for hydroxylation is 5. The minimum Gasteiger partial charge on any atom is -0.254 e. The van der Waals surface area contributed by atoms with E-state index < -0.39 is 0 Å². The molecule has 160 valence electrons. The Bertz CT molecular complexity index is 965. The fourth-order valence-electron chi connectivity index (χ4n) is 3.88. The molecule has 3 heteroatoms. The van der Waals surface area contributed by atoms with Gasteiger partial charge in [-0.2, -0.15) is 0 Å². The van der Waals surface area contributed by atoms with Gasteiger partial charge in [0.05, 0.1) is 35.2 Å². The molecule has 0 amide bonds. The number of pyridine rings is 1. The Morgan fingerprint density at radius 3 is 1.32 bits per heavy atom. The van der Waals surface area contributed by atoms with Gasteiger partial charge < -0.3 is 0 Å². The van der Waals surface area contributed by atoms with E-state index in [2.05, 4.69) is 83.1 Å². The van der Waals surface area contributed by atoms with Crippen molar-refractivity contribution in [3.63, 3.8) is 0 Å². The number of hydrogen-bond acceptors (Lipinski definition) is 3. The van der Waals surface area contributed by atoms with Gasteiger partial charge in [0, 0.05) is 0 Å². The molecule has 3 rings (SSSR count). The van der Waals surface area contributed by atoms with Gasteiger partial charge in [-0.25, -0.2) is 4.98 Å². The summed E-state index contributed by atoms with van der Waals surface area (Å²) in [5.41, 5.74) is 10.1. The quantitative estimate of drug-likeness (QED) is 0.363. The maximum Gasteiger partial charge on any atom is 0.0823 e. The van der Waals surface area contributed by atoms with Crippen LogP contribution in [0, 0.1) is 6.92 Å². The highest BCUT2D eigenvalue weighted by atomic mass is 14.8. The van der Waals surface area contributed by atoms with Crippen LogP contribution >= 0.6 is 0 Å². The van der Waals surface area contributed by atoms with Crippen molar-refractivity contribution in [3.05, 3.63) is 87.7 Å². The van der Waals surface area contributed by atoms with Gasteiger partial charge in [-0.15, -0.1) is 0 Å². The Labute approximate surface area is 187 Å². The summed E-state index contributed by atoms with van der Waals surface area (Å²) in [4.78, 5) is 14.5. The lowest BCUT2D eigenvalue weighted by atomic mass is 10.0. The first-order chi connectivity index (χ1) is 15.1. The monoisotopic (exact) mass is 411 g/mol. The molecule has 0 fully saturated rings. The number of aliphatic imine (C=N–C) groups is 2. The zero-order valence-electron chi connectivity index (χ0n) is 19.4. The van der Waals surface area contributed by atoms with E-state index in [-0.39, 0.29) is 0 Å². The molecule has 1 aromatic heterocycles. The van der Waals surface area contributed by atoms with Crippen LogP contribution in [0.15, 0.2) is 58.5 Å². The summed E-state index contributed by atoms with van der Waals surface area (Å²) in [5.74, 6) is 0. The van der Waals surface area contributed by atoms with Crippen LogP contribution in [0.5, 0.6) is 0 Å². The van der Waals surface area contributed by atoms with Crippen LogP contribution in [-0.2, 0) is 25.7 Å². The van der Waals surface area contributed by atoms with Crippen molar-refractivity contribution in [1.82, 2.24) is 4.98 Å². The lowest BCUT2D eigenvalue weighted by Crippen LogP contribution is -1.97. The Morgan fingerprint density at radius 2 is 1.00 bits per heavy atom. The SMILES string of the molecule is CCc1cccc(CC)c1N=Cc1cc(C)cc(C=Nc2c(CC)cccc2CC)n1. The fraction of sp³-hybridized carbons (Fsp3) is 0.321. The number of aromatic nitrogens is 1. The molecule has 0 radical (unpaired) electrons. The van der Waals surface area contributed by atoms with Crippen molar-refractivity contribution >= 4 is 23.8 Å². The molecule has 0 saturated carbocycles. The molecule has 0 atom stereocenters. The van der Waals surface area contributed by atoms with Crippen LogP contribution in [0.4, 0.5) is 11.4 Å². The summed E-state index contributed by atoms with van der Waals surface area (Å²) >= 11 is 0. The van der Waals surface area contributed by atoms with Crippen LogP contribution in [-0.4, -0.2) is 17.4 Å². The predicted molar refractivity (Wildman–Crippen MR) is 134 cm³/mol. The average Bonchev–Trinajstić information content (AvgIpc) is 2.80. The second-order valence-electron chi connectivity index (χ2n) is 7.77. The largest absolute Gasteiger partial charge is 0.254 e. The summed E-state index contributed by atoms with van der Waals surface area (Å²) in [5, 5.41) is 0. The van der Waals surface area contributed by atoms with Crippen LogP contribution < -0.4 is 0 Å². The topological polar surface area (TPSA) is 37.6 Å². The van der Waals surface area contributed by atoms with Crippen molar-refractivity contribution in [2.45, 2.75) is 60.3 Å². The van der Waals surface area contributed by atoms with Crippen molar-refractivity contribution in [2.24, 2.45) is 9.98 Å². The van der Waals surface area contributed by atoms with Crippen LogP contribution in [0.3, 0.4) is 0 Å². The summed E-state index contributed by atoms with van der Waals surface area (Å²) < 4.78 is 0. The first kappa shape index (κ1) is 22.6. The van der Waals surface area contributed by atoms with E-state index in [1.165, 1.54) is 22.3 Å². The maximum atomic E-state index is 4.84. The predicted octanol–water partition coefficient (Wildman–Crippen LogP) is 7.14. The summed E-state index contributed by atoms with van der Waals surface area (Å²) in [7, 11) is 0. The Hall–Kier alpha value is -3.07. The zero-order chi connectivity index (χ0) is 22.2. The highest BCUT2D eigenvalue weighted by Gasteiger charge is 2.06. The van der Waals surface area contributed by atoms with Crippen molar-refractivity contribution in [3.8, 4) is 0 Å². The molecule has 0 N–H and O–H groups in total. The Balaban J connectivity index is 1.94. The molecule has 3 nitrogen and oxygen atoms in total. The third-order valence-corrected chi connectivity index (χ3v) is 5.59. The van der Waals surface area contributed by atoms with E-state index in [1.807, 2.05) is 12.4 Å². The minimum atomic E-state index is 0.855. The summed E-state index contributed by atoms with van der Waals surface area (Å²) in [6, 6.07) is 17.0. The van der Waals surface area contributed by atoms with Crippen LogP contribution in [0.2, 0.25) is 0 Å². The molecule has 1 heterocycles. The van der Waals surface area contributed by atoms with Crippen LogP contribution in [0.1, 0.15) is 66.9 Å². The molecule has 0 aliphatic heterocycles. The van der Waals surface area contributed by atoms with Gasteiger partial charge in [0.25, 0.3) is 0 Å². The second kappa shape index (κ2) is 10.8. The molecule has 0 spiro atoms.